The number of carbonyl (C=O) groups is 2. The van der Waals surface area contributed by atoms with Crippen molar-refractivity contribution in [1.29, 1.82) is 0 Å². The van der Waals surface area contributed by atoms with E-state index in [4.69, 9.17) is 0 Å². The van der Waals surface area contributed by atoms with E-state index in [9.17, 15) is 29.9 Å². The summed E-state index contributed by atoms with van der Waals surface area (Å²) in [6.07, 6.45) is 0. The average Bonchev–Trinajstić information content (AvgIpc) is 2.73. The Hall–Kier alpha value is -4.26. The molecule has 7 nitrogen and oxygen atoms in total. The van der Waals surface area contributed by atoms with E-state index in [0.717, 1.165) is 22.9 Å². The topological polar surface area (TPSA) is 118 Å². The number of aliphatic hydroxyl groups excluding tert-OH is 2. The predicted octanol–water partition coefficient (Wildman–Crippen LogP) is 4.14. The van der Waals surface area contributed by atoms with Crippen molar-refractivity contribution in [3.63, 3.8) is 0 Å². The normalized spacial score (nSPS) is 14.6. The second-order valence-electron chi connectivity index (χ2n) is 6.47. The second-order valence-corrected chi connectivity index (χ2v) is 6.47. The molecule has 0 aliphatic heterocycles. The van der Waals surface area contributed by atoms with Crippen molar-refractivity contribution in [2.24, 2.45) is 0 Å². The molecule has 0 radical (unpaired) electrons. The molecular weight excluding hydrogens is 374 g/mol. The predicted molar refractivity (Wildman–Crippen MR) is 106 cm³/mol. The number of fused-ring (bicyclic) bond motifs is 1. The van der Waals surface area contributed by atoms with Gasteiger partial charge in [-0.25, -0.2) is 0 Å². The lowest BCUT2D eigenvalue weighted by atomic mass is 9.85. The van der Waals surface area contributed by atoms with Crippen LogP contribution in [0.25, 0.3) is 21.9 Å². The van der Waals surface area contributed by atoms with E-state index in [2.05, 4.69) is 0 Å². The molecule has 1 aliphatic carbocycles. The average molecular weight is 387 g/mol. The zero-order valence-corrected chi connectivity index (χ0v) is 14.8. The van der Waals surface area contributed by atoms with Gasteiger partial charge < -0.3 is 10.2 Å². The van der Waals surface area contributed by atoms with Crippen LogP contribution in [0, 0.1) is 10.1 Å². The maximum atomic E-state index is 12.8. The minimum atomic E-state index is -0.931. The van der Waals surface area contributed by atoms with Crippen molar-refractivity contribution in [2.75, 3.05) is 0 Å². The van der Waals surface area contributed by atoms with E-state index < -0.39 is 33.6 Å². The summed E-state index contributed by atoms with van der Waals surface area (Å²) in [5, 5.41) is 33.4. The summed E-state index contributed by atoms with van der Waals surface area (Å²) in [6, 6.07) is 17.1. The third-order valence-electron chi connectivity index (χ3n) is 4.76. The van der Waals surface area contributed by atoms with Crippen molar-refractivity contribution in [2.45, 2.75) is 0 Å². The lowest BCUT2D eigenvalue weighted by molar-refractivity contribution is -0.384. The molecule has 0 spiro atoms. The standard InChI is InChI=1S/C22H13NO6/c24-19-17(13-7-9-16(10-8-13)23(28)29)20(25)22(27)18(21(19)26)15-6-5-12-3-1-2-4-14(12)11-15/h1-11,24,27H. The number of rotatable bonds is 3. The lowest BCUT2D eigenvalue weighted by Gasteiger charge is -2.18. The molecule has 0 fully saturated rings. The number of hydrogen-bond acceptors (Lipinski definition) is 6. The fourth-order valence-corrected chi connectivity index (χ4v) is 3.31. The largest absolute Gasteiger partial charge is 0.504 e. The first-order valence-corrected chi connectivity index (χ1v) is 8.58. The van der Waals surface area contributed by atoms with Crippen molar-refractivity contribution < 1.29 is 24.7 Å². The highest BCUT2D eigenvalue weighted by Gasteiger charge is 2.36. The number of hydrogen-bond donors (Lipinski definition) is 2. The molecule has 7 heteroatoms. The lowest BCUT2D eigenvalue weighted by Crippen LogP contribution is -2.22. The number of ketones is 2. The Morgan fingerprint density at radius 2 is 1.21 bits per heavy atom. The molecule has 0 atom stereocenters. The zero-order valence-electron chi connectivity index (χ0n) is 14.8. The Kier molecular flexibility index (Phi) is 4.20. The molecule has 3 aromatic carbocycles. The molecular formula is C22H13NO6. The van der Waals surface area contributed by atoms with Crippen LogP contribution in [0.3, 0.4) is 0 Å². The van der Waals surface area contributed by atoms with Crippen LogP contribution >= 0.6 is 0 Å². The first-order chi connectivity index (χ1) is 13.9. The summed E-state index contributed by atoms with van der Waals surface area (Å²) in [5.74, 6) is -3.42. The van der Waals surface area contributed by atoms with Gasteiger partial charge in [0.2, 0.25) is 11.6 Å². The molecule has 142 valence electrons. The summed E-state index contributed by atoms with van der Waals surface area (Å²) < 4.78 is 0. The van der Waals surface area contributed by atoms with Gasteiger partial charge in [-0.15, -0.1) is 0 Å². The molecule has 4 rings (SSSR count). The molecule has 0 heterocycles. The van der Waals surface area contributed by atoms with E-state index >= 15 is 0 Å². The quantitative estimate of drug-likeness (QED) is 0.396. The molecule has 0 amide bonds. The van der Waals surface area contributed by atoms with Crippen LogP contribution in [0.2, 0.25) is 0 Å². The van der Waals surface area contributed by atoms with Crippen LogP contribution in [0.4, 0.5) is 5.69 Å². The highest BCUT2D eigenvalue weighted by molar-refractivity contribution is 6.46. The van der Waals surface area contributed by atoms with Gasteiger partial charge in [-0.3, -0.25) is 19.7 Å². The first kappa shape index (κ1) is 18.1. The Morgan fingerprint density at radius 1 is 0.690 bits per heavy atom. The molecule has 3 aromatic rings. The van der Waals surface area contributed by atoms with E-state index in [1.165, 1.54) is 12.1 Å². The van der Waals surface area contributed by atoms with Gasteiger partial charge in [-0.05, 0) is 40.1 Å². The number of Topliss-reactive ketones (excluding diaryl/α,β-unsaturated/α-hetero) is 2. The number of nitrogens with zero attached hydrogens (tertiary/aromatic N) is 1. The SMILES string of the molecule is O=C1C(O)=C(c2ccc3ccccc3c2)C(=O)C(O)=C1c1ccc([N+](=O)[O-])cc1. The van der Waals surface area contributed by atoms with Gasteiger partial charge in [0.05, 0.1) is 16.1 Å². The molecule has 0 unspecified atom stereocenters. The van der Waals surface area contributed by atoms with Gasteiger partial charge in [0.15, 0.2) is 11.5 Å². The van der Waals surface area contributed by atoms with E-state index in [1.807, 2.05) is 24.3 Å². The number of nitro groups is 1. The number of aliphatic hydroxyl groups is 2. The molecule has 2 N–H and O–H groups in total. The molecule has 29 heavy (non-hydrogen) atoms. The second kappa shape index (κ2) is 6.72. The summed E-state index contributed by atoms with van der Waals surface area (Å²) >= 11 is 0. The third-order valence-corrected chi connectivity index (χ3v) is 4.76. The van der Waals surface area contributed by atoms with Crippen molar-refractivity contribution in [3.8, 4) is 0 Å². The number of nitro benzene ring substituents is 1. The highest BCUT2D eigenvalue weighted by Crippen LogP contribution is 2.35. The van der Waals surface area contributed by atoms with Gasteiger partial charge in [-0.1, -0.05) is 36.4 Å². The van der Waals surface area contributed by atoms with Gasteiger partial charge in [-0.2, -0.15) is 0 Å². The Balaban J connectivity index is 1.80. The number of non-ortho nitro benzene ring substituents is 1. The first-order valence-electron chi connectivity index (χ1n) is 8.58. The van der Waals surface area contributed by atoms with Crippen LogP contribution in [0.15, 0.2) is 78.2 Å². The minimum absolute atomic E-state index is 0.0931. The zero-order chi connectivity index (χ0) is 20.7. The molecule has 1 aliphatic rings. The van der Waals surface area contributed by atoms with Crippen molar-refractivity contribution in [3.05, 3.63) is 99.5 Å². The summed E-state index contributed by atoms with van der Waals surface area (Å²) in [4.78, 5) is 35.7. The minimum Gasteiger partial charge on any atom is -0.504 e. The molecule has 0 saturated heterocycles. The Morgan fingerprint density at radius 3 is 1.79 bits per heavy atom. The summed E-state index contributed by atoms with van der Waals surface area (Å²) in [5.41, 5.74) is -0.500. The monoisotopic (exact) mass is 387 g/mol. The van der Waals surface area contributed by atoms with E-state index in [0.29, 0.717) is 5.56 Å². The number of allylic oxidation sites excluding steroid dienone is 2. The van der Waals surface area contributed by atoms with Crippen LogP contribution in [0.5, 0.6) is 0 Å². The highest BCUT2D eigenvalue weighted by atomic mass is 16.6. The van der Waals surface area contributed by atoms with Crippen LogP contribution in [-0.4, -0.2) is 26.7 Å². The van der Waals surface area contributed by atoms with Crippen LogP contribution < -0.4 is 0 Å². The van der Waals surface area contributed by atoms with Crippen LogP contribution in [-0.2, 0) is 9.59 Å². The van der Waals surface area contributed by atoms with Gasteiger partial charge in [0.25, 0.3) is 5.69 Å². The smallest absolute Gasteiger partial charge is 0.269 e. The maximum absolute atomic E-state index is 12.8. The third kappa shape index (κ3) is 2.94. The molecule has 0 bridgehead atoms. The summed E-state index contributed by atoms with van der Waals surface area (Å²) in [6.45, 7) is 0. The number of benzene rings is 3. The molecule has 0 saturated carbocycles. The molecule has 0 aromatic heterocycles. The maximum Gasteiger partial charge on any atom is 0.269 e. The fourth-order valence-electron chi connectivity index (χ4n) is 3.31. The van der Waals surface area contributed by atoms with Crippen LogP contribution in [0.1, 0.15) is 11.1 Å². The fraction of sp³-hybridized carbons (Fsp3) is 0. The van der Waals surface area contributed by atoms with E-state index in [1.54, 1.807) is 18.2 Å². The van der Waals surface area contributed by atoms with Gasteiger partial charge >= 0.3 is 0 Å². The Labute approximate surface area is 164 Å². The van der Waals surface area contributed by atoms with Gasteiger partial charge in [0, 0.05) is 12.1 Å². The number of carbonyl (C=O) groups excluding carboxylic acids is 2. The van der Waals surface area contributed by atoms with E-state index in [-0.39, 0.29) is 16.8 Å². The van der Waals surface area contributed by atoms with Gasteiger partial charge in [0.1, 0.15) is 0 Å². The van der Waals surface area contributed by atoms with Crippen molar-refractivity contribution >= 4 is 39.2 Å². The van der Waals surface area contributed by atoms with Crippen molar-refractivity contribution in [1.82, 2.24) is 0 Å². The Bertz CT molecular complexity index is 1270. The summed E-state index contributed by atoms with van der Waals surface area (Å²) in [7, 11) is 0.